The molecule has 0 radical (unpaired) electrons. The monoisotopic (exact) mass is 476 g/mol. The normalized spacial score (nSPS) is 26.1. The van der Waals surface area contributed by atoms with Gasteiger partial charge in [-0.3, -0.25) is 9.88 Å². The Labute approximate surface area is 206 Å². The average molecular weight is 477 g/mol. The molecule has 1 N–H and O–H groups in total. The largest absolute Gasteiger partial charge is 0.484 e. The van der Waals surface area contributed by atoms with E-state index in [4.69, 9.17) is 19.2 Å². The van der Waals surface area contributed by atoms with Crippen LogP contribution in [0.2, 0.25) is 0 Å². The molecule has 1 fully saturated rings. The van der Waals surface area contributed by atoms with Gasteiger partial charge in [0.05, 0.1) is 25.9 Å². The summed E-state index contributed by atoms with van der Waals surface area (Å²) in [6.45, 7) is 7.58. The quantitative estimate of drug-likeness (QED) is 0.642. The van der Waals surface area contributed by atoms with Crippen molar-refractivity contribution in [3.8, 4) is 5.75 Å². The van der Waals surface area contributed by atoms with Crippen LogP contribution in [0.5, 0.6) is 5.75 Å². The molecule has 1 aromatic carbocycles. The maximum atomic E-state index is 13.6. The number of carbonyl (C=O) groups is 1. The van der Waals surface area contributed by atoms with Gasteiger partial charge in [0.15, 0.2) is 11.4 Å². The first-order chi connectivity index (χ1) is 17.0. The van der Waals surface area contributed by atoms with Crippen molar-refractivity contribution in [1.82, 2.24) is 15.2 Å². The van der Waals surface area contributed by atoms with Crippen LogP contribution in [0.4, 0.5) is 0 Å². The zero-order valence-electron chi connectivity index (χ0n) is 20.5. The minimum atomic E-state index is -1.09. The molecule has 2 atom stereocenters. The number of pyridine rings is 1. The van der Waals surface area contributed by atoms with Gasteiger partial charge in [-0.2, -0.15) is 0 Å². The lowest BCUT2D eigenvalue weighted by Crippen LogP contribution is -2.56. The lowest BCUT2D eigenvalue weighted by molar-refractivity contribution is -0.138. The van der Waals surface area contributed by atoms with Gasteiger partial charge in [0.2, 0.25) is 0 Å². The van der Waals surface area contributed by atoms with Gasteiger partial charge in [0, 0.05) is 37.1 Å². The highest BCUT2D eigenvalue weighted by atomic mass is 16.5. The van der Waals surface area contributed by atoms with Crippen molar-refractivity contribution in [3.05, 3.63) is 71.2 Å². The lowest BCUT2D eigenvalue weighted by atomic mass is 9.69. The van der Waals surface area contributed by atoms with Crippen LogP contribution in [0.1, 0.15) is 37.9 Å². The van der Waals surface area contributed by atoms with Gasteiger partial charge in [-0.1, -0.05) is 37.6 Å². The summed E-state index contributed by atoms with van der Waals surface area (Å²) in [5.41, 5.74) is 0.938. The number of rotatable bonds is 6. The summed E-state index contributed by atoms with van der Waals surface area (Å²) in [4.78, 5) is 25.8. The van der Waals surface area contributed by atoms with E-state index in [1.54, 1.807) is 6.20 Å². The van der Waals surface area contributed by atoms with Crippen molar-refractivity contribution in [3.63, 3.8) is 0 Å². The van der Waals surface area contributed by atoms with E-state index in [0.717, 1.165) is 36.5 Å². The summed E-state index contributed by atoms with van der Waals surface area (Å²) in [6.07, 6.45) is 3.31. The molecule has 4 heterocycles. The predicted molar refractivity (Wildman–Crippen MR) is 132 cm³/mol. The van der Waals surface area contributed by atoms with Crippen molar-refractivity contribution < 1.29 is 19.0 Å². The van der Waals surface area contributed by atoms with Gasteiger partial charge in [-0.25, -0.2) is 9.79 Å². The third-order valence-corrected chi connectivity index (χ3v) is 7.10. The molecule has 8 nitrogen and oxygen atoms in total. The van der Waals surface area contributed by atoms with Gasteiger partial charge in [-0.05, 0) is 31.5 Å². The Kier molecular flexibility index (Phi) is 6.34. The molecule has 2 aromatic rings. The number of nitrogens with one attached hydrogen (secondary N) is 1. The molecule has 0 bridgehead atoms. The number of aromatic nitrogens is 1. The van der Waals surface area contributed by atoms with Crippen LogP contribution in [0, 0.1) is 0 Å². The van der Waals surface area contributed by atoms with Crippen molar-refractivity contribution in [2.24, 2.45) is 4.99 Å². The van der Waals surface area contributed by atoms with Crippen LogP contribution >= 0.6 is 0 Å². The number of hydrogen-bond donors (Lipinski definition) is 1. The maximum Gasteiger partial charge on any atom is 0.338 e. The fourth-order valence-electron chi connectivity index (χ4n) is 5.52. The van der Waals surface area contributed by atoms with Crippen molar-refractivity contribution >= 4 is 11.8 Å². The first kappa shape index (κ1) is 23.5. The van der Waals surface area contributed by atoms with E-state index in [1.165, 1.54) is 7.11 Å². The van der Waals surface area contributed by atoms with E-state index in [0.29, 0.717) is 43.3 Å². The second kappa shape index (κ2) is 9.43. The average Bonchev–Trinajstić information content (AvgIpc) is 3.12. The summed E-state index contributed by atoms with van der Waals surface area (Å²) in [7, 11) is 1.42. The molecule has 3 aliphatic rings. The number of para-hydroxylation sites is 1. The zero-order valence-corrected chi connectivity index (χ0v) is 20.5. The van der Waals surface area contributed by atoms with Crippen LogP contribution < -0.4 is 10.1 Å². The van der Waals surface area contributed by atoms with E-state index in [1.807, 2.05) is 42.5 Å². The number of fused-ring (bicyclic) bond motifs is 2. The Balaban J connectivity index is 1.78. The van der Waals surface area contributed by atoms with E-state index in [-0.39, 0.29) is 0 Å². The number of amidine groups is 1. The topological polar surface area (TPSA) is 85.3 Å². The molecular formula is C27H32N4O4. The summed E-state index contributed by atoms with van der Waals surface area (Å²) in [6, 6.07) is 13.6. The SMILES string of the molecule is CCCC1(C)Oc2ccccc2C12N=C(c1ccccn1)NC(CN1CCOCC1)=C2C(=O)OC. The van der Waals surface area contributed by atoms with Gasteiger partial charge >= 0.3 is 5.97 Å². The molecule has 1 aromatic heterocycles. The van der Waals surface area contributed by atoms with Crippen LogP contribution in [0.25, 0.3) is 0 Å². The second-order valence-corrected chi connectivity index (χ2v) is 9.32. The molecular weight excluding hydrogens is 444 g/mol. The first-order valence-corrected chi connectivity index (χ1v) is 12.2. The standard InChI is InChI=1S/C27H32N4O4/c1-4-12-26(2)27(19-9-5-6-11-22(19)35-26)23(25(32)33-3)21(18-31-14-16-34-17-15-31)29-24(30-27)20-10-7-8-13-28-20/h5-11,13H,4,12,14-18H2,1-3H3,(H,29,30). The molecule has 35 heavy (non-hydrogen) atoms. The molecule has 2 unspecified atom stereocenters. The third-order valence-electron chi connectivity index (χ3n) is 7.10. The molecule has 0 amide bonds. The van der Waals surface area contributed by atoms with Crippen molar-refractivity contribution in [2.45, 2.75) is 37.8 Å². The summed E-state index contributed by atoms with van der Waals surface area (Å²) < 4.78 is 17.6. The first-order valence-electron chi connectivity index (χ1n) is 12.2. The molecule has 184 valence electrons. The van der Waals surface area contributed by atoms with Crippen LogP contribution in [0.15, 0.2) is 64.9 Å². The van der Waals surface area contributed by atoms with Crippen molar-refractivity contribution in [2.75, 3.05) is 40.0 Å². The number of aliphatic imine (C=N–C) groups is 1. The Morgan fingerprint density at radius 1 is 1.17 bits per heavy atom. The van der Waals surface area contributed by atoms with E-state index in [2.05, 4.69) is 29.0 Å². The number of ether oxygens (including phenoxy) is 3. The number of nitrogens with zero attached hydrogens (tertiary/aromatic N) is 3. The maximum absolute atomic E-state index is 13.6. The fourth-order valence-corrected chi connectivity index (χ4v) is 5.52. The van der Waals surface area contributed by atoms with Gasteiger partial charge < -0.3 is 19.5 Å². The number of morpholine rings is 1. The fraction of sp³-hybridized carbons (Fsp3) is 0.444. The van der Waals surface area contributed by atoms with Gasteiger partial charge in [-0.15, -0.1) is 0 Å². The molecule has 1 saturated heterocycles. The number of benzene rings is 1. The molecule has 0 aliphatic carbocycles. The van der Waals surface area contributed by atoms with Crippen LogP contribution in [-0.4, -0.2) is 67.2 Å². The molecule has 3 aliphatic heterocycles. The summed E-state index contributed by atoms with van der Waals surface area (Å²) >= 11 is 0. The smallest absolute Gasteiger partial charge is 0.338 e. The minimum absolute atomic E-state index is 0.410. The van der Waals surface area contributed by atoms with Crippen molar-refractivity contribution in [1.29, 1.82) is 0 Å². The molecule has 0 saturated carbocycles. The van der Waals surface area contributed by atoms with Crippen LogP contribution in [0.3, 0.4) is 0 Å². The molecule has 1 spiro atoms. The Hall–Kier alpha value is -3.23. The number of esters is 1. The molecule has 5 rings (SSSR count). The van der Waals surface area contributed by atoms with E-state index >= 15 is 0 Å². The Bertz CT molecular complexity index is 1160. The number of carbonyl (C=O) groups excluding carboxylic acids is 1. The third kappa shape index (κ3) is 3.90. The Morgan fingerprint density at radius 2 is 1.94 bits per heavy atom. The molecule has 8 heteroatoms. The van der Waals surface area contributed by atoms with Gasteiger partial charge in [0.25, 0.3) is 0 Å². The highest BCUT2D eigenvalue weighted by molar-refractivity contribution is 6.04. The van der Waals surface area contributed by atoms with E-state index < -0.39 is 17.1 Å². The summed E-state index contributed by atoms with van der Waals surface area (Å²) in [5, 5.41) is 3.47. The summed E-state index contributed by atoms with van der Waals surface area (Å²) in [5.74, 6) is 0.943. The highest BCUT2D eigenvalue weighted by Gasteiger charge is 2.63. The highest BCUT2D eigenvalue weighted by Crippen LogP contribution is 2.57. The predicted octanol–water partition coefficient (Wildman–Crippen LogP) is 3.04. The zero-order chi connectivity index (χ0) is 24.5. The lowest BCUT2D eigenvalue weighted by Gasteiger charge is -2.44. The number of methoxy groups -OCH3 is 1. The van der Waals surface area contributed by atoms with E-state index in [9.17, 15) is 4.79 Å². The Morgan fingerprint density at radius 3 is 2.66 bits per heavy atom. The van der Waals surface area contributed by atoms with Gasteiger partial charge in [0.1, 0.15) is 17.0 Å². The number of hydrogen-bond acceptors (Lipinski definition) is 8. The second-order valence-electron chi connectivity index (χ2n) is 9.32. The minimum Gasteiger partial charge on any atom is -0.484 e. The van der Waals surface area contributed by atoms with Crippen LogP contribution in [-0.2, 0) is 19.8 Å².